The van der Waals surface area contributed by atoms with Crippen LogP contribution in [0.25, 0.3) is 0 Å². The Morgan fingerprint density at radius 3 is 2.34 bits per heavy atom. The largest absolute Gasteiger partial charge is 0.461 e. The number of carbonyl (C=O) groups excluding carboxylic acids is 4. The van der Waals surface area contributed by atoms with Crippen LogP contribution >= 0.6 is 0 Å². The van der Waals surface area contributed by atoms with Gasteiger partial charge < -0.3 is 19.3 Å². The highest BCUT2D eigenvalue weighted by atomic mass is 19.1. The summed E-state index contributed by atoms with van der Waals surface area (Å²) in [5.74, 6) is -3.66. The highest BCUT2D eigenvalue weighted by Crippen LogP contribution is 2.76. The number of anilines is 1. The third kappa shape index (κ3) is 2.73. The molecule has 3 saturated heterocycles. The molecular weight excluding hydrogens is 497 g/mol. The van der Waals surface area contributed by atoms with Gasteiger partial charge in [-0.25, -0.2) is 9.18 Å². The Morgan fingerprint density at radius 2 is 1.71 bits per heavy atom. The summed E-state index contributed by atoms with van der Waals surface area (Å²) in [4.78, 5) is 55.1. The standard InChI is InChI=1S/C28H26FNO8/c1-25(2,3)27(35)13-18-26(14-19(31)36-18)24(34)38-23-28(26,27)20(37-22(33)15-7-5-4-6-8-15)21(32)30(23)17-11-9-16(29)10-12-17/h4-12,18,20,23,35H,13-14H2,1-3H3/t18-,20-,23-,26-,27+,28?/m0/s1. The van der Waals surface area contributed by atoms with Gasteiger partial charge in [0.25, 0.3) is 5.91 Å². The van der Waals surface area contributed by atoms with Crippen LogP contribution in [-0.4, -0.2) is 53.0 Å². The molecular formula is C28H26FNO8. The van der Waals surface area contributed by atoms with Gasteiger partial charge in [-0.15, -0.1) is 0 Å². The maximum atomic E-state index is 14.2. The van der Waals surface area contributed by atoms with Gasteiger partial charge in [-0.2, -0.15) is 0 Å². The average Bonchev–Trinajstić information content (AvgIpc) is 3.47. The van der Waals surface area contributed by atoms with Crippen LogP contribution in [0.5, 0.6) is 0 Å². The molecule has 3 aliphatic heterocycles. The van der Waals surface area contributed by atoms with Crippen molar-refractivity contribution in [2.45, 2.75) is 57.6 Å². The zero-order chi connectivity index (χ0) is 27.3. The number of hydrogen-bond donors (Lipinski definition) is 1. The predicted octanol–water partition coefficient (Wildman–Crippen LogP) is 2.75. The SMILES string of the molecule is CC(C)(C)[C@]1(O)C[C@@H]2OC(=O)C[C@@]23C(=O)O[C@@H]2N(c4ccc(F)cc4)C(=O)[C@H](OC(=O)c4ccccc4)C213. The Kier molecular flexibility index (Phi) is 4.93. The predicted molar refractivity (Wildman–Crippen MR) is 128 cm³/mol. The molecule has 4 fully saturated rings. The summed E-state index contributed by atoms with van der Waals surface area (Å²) >= 11 is 0. The van der Waals surface area contributed by atoms with Crippen LogP contribution in [0.2, 0.25) is 0 Å². The molecule has 6 rings (SSSR count). The van der Waals surface area contributed by atoms with E-state index < -0.39 is 76.3 Å². The van der Waals surface area contributed by atoms with E-state index in [1.54, 1.807) is 39.0 Å². The molecule has 4 aliphatic rings. The first-order chi connectivity index (χ1) is 17.9. The average molecular weight is 524 g/mol. The van der Waals surface area contributed by atoms with Gasteiger partial charge in [-0.1, -0.05) is 39.0 Å². The Labute approximate surface area is 217 Å². The Balaban J connectivity index is 1.62. The van der Waals surface area contributed by atoms with Crippen molar-refractivity contribution in [1.82, 2.24) is 0 Å². The molecule has 10 heteroatoms. The van der Waals surface area contributed by atoms with Crippen molar-refractivity contribution < 1.29 is 42.9 Å². The first kappa shape index (κ1) is 24.5. The van der Waals surface area contributed by atoms with Crippen molar-refractivity contribution in [3.63, 3.8) is 0 Å². The molecule has 6 atom stereocenters. The Bertz CT molecular complexity index is 1370. The van der Waals surface area contributed by atoms with Gasteiger partial charge in [0.05, 0.1) is 17.6 Å². The first-order valence-corrected chi connectivity index (χ1v) is 12.4. The lowest BCUT2D eigenvalue weighted by atomic mass is 9.52. The number of carbonyl (C=O) groups is 4. The van der Waals surface area contributed by atoms with Gasteiger partial charge in [0.2, 0.25) is 0 Å². The summed E-state index contributed by atoms with van der Waals surface area (Å²) in [6.07, 6.45) is -4.89. The molecule has 3 heterocycles. The van der Waals surface area contributed by atoms with E-state index in [1.165, 1.54) is 24.3 Å². The molecule has 1 N–H and O–H groups in total. The van der Waals surface area contributed by atoms with Crippen LogP contribution in [0.3, 0.4) is 0 Å². The maximum Gasteiger partial charge on any atom is 0.338 e. The molecule has 2 spiro atoms. The van der Waals surface area contributed by atoms with Gasteiger partial charge in [-0.05, 0) is 41.8 Å². The normalized spacial score (nSPS) is 35.4. The summed E-state index contributed by atoms with van der Waals surface area (Å²) in [6.45, 7) is 5.21. The monoisotopic (exact) mass is 523 g/mol. The highest BCUT2D eigenvalue weighted by Gasteiger charge is 2.93. The molecule has 198 valence electrons. The molecule has 1 saturated carbocycles. The van der Waals surface area contributed by atoms with Crippen LogP contribution < -0.4 is 4.90 Å². The van der Waals surface area contributed by atoms with Gasteiger partial charge in [0, 0.05) is 12.1 Å². The Hall–Kier alpha value is -3.79. The van der Waals surface area contributed by atoms with Gasteiger partial charge in [-0.3, -0.25) is 19.3 Å². The fourth-order valence-electron chi connectivity index (χ4n) is 7.13. The fraction of sp³-hybridized carbons (Fsp3) is 0.429. The molecule has 0 aromatic heterocycles. The van der Waals surface area contributed by atoms with Gasteiger partial charge in [0.15, 0.2) is 12.3 Å². The molecule has 1 amide bonds. The van der Waals surface area contributed by atoms with E-state index >= 15 is 0 Å². The third-order valence-electron chi connectivity index (χ3n) is 8.81. The van der Waals surface area contributed by atoms with E-state index in [9.17, 15) is 28.7 Å². The zero-order valence-electron chi connectivity index (χ0n) is 21.0. The van der Waals surface area contributed by atoms with E-state index in [0.717, 1.165) is 17.0 Å². The van der Waals surface area contributed by atoms with E-state index in [2.05, 4.69) is 0 Å². The fourth-order valence-corrected chi connectivity index (χ4v) is 7.13. The molecule has 1 aliphatic carbocycles. The number of ether oxygens (including phenoxy) is 3. The van der Waals surface area contributed by atoms with E-state index in [4.69, 9.17) is 14.2 Å². The third-order valence-corrected chi connectivity index (χ3v) is 8.81. The number of benzene rings is 2. The highest BCUT2D eigenvalue weighted by molar-refractivity contribution is 6.07. The minimum absolute atomic E-state index is 0.153. The second-order valence-electron chi connectivity index (χ2n) is 11.4. The maximum absolute atomic E-state index is 14.2. The number of nitrogens with zero attached hydrogens (tertiary/aromatic N) is 1. The van der Waals surface area contributed by atoms with Crippen molar-refractivity contribution >= 4 is 29.5 Å². The van der Waals surface area contributed by atoms with E-state index in [0.29, 0.717) is 0 Å². The molecule has 1 unspecified atom stereocenters. The first-order valence-electron chi connectivity index (χ1n) is 12.4. The topological polar surface area (TPSA) is 119 Å². The second kappa shape index (κ2) is 7.63. The van der Waals surface area contributed by atoms with Crippen LogP contribution in [-0.2, 0) is 28.6 Å². The van der Waals surface area contributed by atoms with Gasteiger partial charge >= 0.3 is 17.9 Å². The smallest absolute Gasteiger partial charge is 0.338 e. The summed E-state index contributed by atoms with van der Waals surface area (Å²) < 4.78 is 31.1. The number of esters is 3. The summed E-state index contributed by atoms with van der Waals surface area (Å²) in [6, 6.07) is 12.9. The minimum atomic E-state index is -1.91. The lowest BCUT2D eigenvalue weighted by molar-refractivity contribution is -0.204. The van der Waals surface area contributed by atoms with Crippen molar-refractivity contribution in [3.05, 3.63) is 66.0 Å². The van der Waals surface area contributed by atoms with E-state index in [-0.39, 0.29) is 17.7 Å². The van der Waals surface area contributed by atoms with Crippen LogP contribution in [0.15, 0.2) is 54.6 Å². The van der Waals surface area contributed by atoms with Crippen molar-refractivity contribution in [3.8, 4) is 0 Å². The molecule has 0 bridgehead atoms. The number of hydrogen-bond acceptors (Lipinski definition) is 8. The number of rotatable bonds is 3. The van der Waals surface area contributed by atoms with Crippen LogP contribution in [0.4, 0.5) is 10.1 Å². The quantitative estimate of drug-likeness (QED) is 0.482. The van der Waals surface area contributed by atoms with Crippen molar-refractivity contribution in [2.75, 3.05) is 4.90 Å². The molecule has 2 aromatic carbocycles. The lowest BCUT2D eigenvalue weighted by Crippen LogP contribution is -2.66. The number of halogens is 1. The molecule has 9 nitrogen and oxygen atoms in total. The minimum Gasteiger partial charge on any atom is -0.461 e. The van der Waals surface area contributed by atoms with Crippen molar-refractivity contribution in [2.24, 2.45) is 16.2 Å². The molecule has 2 aromatic rings. The molecule has 38 heavy (non-hydrogen) atoms. The summed E-state index contributed by atoms with van der Waals surface area (Å²) in [5, 5.41) is 12.6. The molecule has 0 radical (unpaired) electrons. The zero-order valence-corrected chi connectivity index (χ0v) is 21.0. The summed E-state index contributed by atoms with van der Waals surface area (Å²) in [5.41, 5.74) is -6.26. The van der Waals surface area contributed by atoms with Crippen LogP contribution in [0.1, 0.15) is 44.0 Å². The number of amides is 1. The van der Waals surface area contributed by atoms with Crippen molar-refractivity contribution in [1.29, 1.82) is 0 Å². The van der Waals surface area contributed by atoms with Gasteiger partial charge in [0.1, 0.15) is 22.8 Å². The summed E-state index contributed by atoms with van der Waals surface area (Å²) in [7, 11) is 0. The second-order valence-corrected chi connectivity index (χ2v) is 11.4. The van der Waals surface area contributed by atoms with E-state index in [1.807, 2.05) is 0 Å². The number of aliphatic hydroxyl groups is 1. The van der Waals surface area contributed by atoms with Crippen LogP contribution in [0, 0.1) is 22.1 Å². The Morgan fingerprint density at radius 1 is 1.05 bits per heavy atom. The lowest BCUT2D eigenvalue weighted by Gasteiger charge is -2.51.